The summed E-state index contributed by atoms with van der Waals surface area (Å²) < 4.78 is 5.52. The van der Waals surface area contributed by atoms with Crippen molar-refractivity contribution in [1.82, 2.24) is 0 Å². The number of aldehydes is 1. The Morgan fingerprint density at radius 2 is 1.90 bits per heavy atom. The van der Waals surface area contributed by atoms with Gasteiger partial charge in [0.1, 0.15) is 12.0 Å². The minimum atomic E-state index is -0.655. The van der Waals surface area contributed by atoms with Crippen LogP contribution in [0.25, 0.3) is 0 Å². The molecule has 0 aromatic heterocycles. The van der Waals surface area contributed by atoms with Crippen molar-refractivity contribution < 1.29 is 14.3 Å². The number of carbonyl (C=O) groups excluding carboxylic acids is 2. The van der Waals surface area contributed by atoms with Crippen molar-refractivity contribution in [2.45, 2.75) is 13.0 Å². The van der Waals surface area contributed by atoms with Gasteiger partial charge in [-0.2, -0.15) is 0 Å². The van der Waals surface area contributed by atoms with Crippen molar-refractivity contribution in [3.05, 3.63) is 60.2 Å². The molecule has 2 aromatic rings. The van der Waals surface area contributed by atoms with Crippen LogP contribution in [0.2, 0.25) is 0 Å². The number of hydrogen-bond donors (Lipinski definition) is 1. The van der Waals surface area contributed by atoms with Gasteiger partial charge >= 0.3 is 0 Å². The highest BCUT2D eigenvalue weighted by Gasteiger charge is 2.14. The van der Waals surface area contributed by atoms with Gasteiger partial charge in [-0.1, -0.05) is 30.3 Å². The van der Waals surface area contributed by atoms with Crippen LogP contribution in [-0.2, 0) is 4.79 Å². The Kier molecular flexibility index (Phi) is 4.50. The molecule has 102 valence electrons. The highest BCUT2D eigenvalue weighted by molar-refractivity contribution is 5.94. The van der Waals surface area contributed by atoms with E-state index >= 15 is 0 Å². The summed E-state index contributed by atoms with van der Waals surface area (Å²) in [6.45, 7) is 1.66. The van der Waals surface area contributed by atoms with Crippen molar-refractivity contribution in [3.8, 4) is 5.75 Å². The summed E-state index contributed by atoms with van der Waals surface area (Å²) in [5.41, 5.74) is 1.23. The van der Waals surface area contributed by atoms with Gasteiger partial charge in [-0.15, -0.1) is 0 Å². The maximum absolute atomic E-state index is 12.0. The Balaban J connectivity index is 1.98. The van der Waals surface area contributed by atoms with Gasteiger partial charge in [0.2, 0.25) is 0 Å². The fourth-order valence-electron chi connectivity index (χ4n) is 1.68. The molecule has 1 amide bonds. The Morgan fingerprint density at radius 3 is 2.60 bits per heavy atom. The Bertz CT molecular complexity index is 596. The standard InChI is InChI=1S/C16H15NO3/c1-12(16(19)17-14-7-3-2-4-8-14)20-15-9-5-6-13(10-15)11-18/h2-12H,1H3,(H,17,19)/t12-/m1/s1. The molecule has 0 fully saturated rings. The van der Waals surface area contributed by atoms with Gasteiger partial charge < -0.3 is 10.1 Å². The SMILES string of the molecule is C[C@@H](Oc1cccc(C=O)c1)C(=O)Nc1ccccc1. The van der Waals surface area contributed by atoms with E-state index in [1.807, 2.05) is 18.2 Å². The third-order valence-electron chi connectivity index (χ3n) is 2.72. The van der Waals surface area contributed by atoms with E-state index in [9.17, 15) is 9.59 Å². The summed E-state index contributed by atoms with van der Waals surface area (Å²) in [6, 6.07) is 15.9. The van der Waals surface area contributed by atoms with E-state index in [0.29, 0.717) is 11.3 Å². The zero-order valence-electron chi connectivity index (χ0n) is 11.1. The smallest absolute Gasteiger partial charge is 0.265 e. The lowest BCUT2D eigenvalue weighted by Crippen LogP contribution is -2.30. The first-order chi connectivity index (χ1) is 9.69. The number of rotatable bonds is 5. The van der Waals surface area contributed by atoms with E-state index in [0.717, 1.165) is 12.0 Å². The third-order valence-corrected chi connectivity index (χ3v) is 2.72. The fourth-order valence-corrected chi connectivity index (χ4v) is 1.68. The molecule has 20 heavy (non-hydrogen) atoms. The highest BCUT2D eigenvalue weighted by atomic mass is 16.5. The van der Waals surface area contributed by atoms with Crippen LogP contribution >= 0.6 is 0 Å². The van der Waals surface area contributed by atoms with Crippen LogP contribution in [0, 0.1) is 0 Å². The Morgan fingerprint density at radius 1 is 1.15 bits per heavy atom. The number of nitrogens with one attached hydrogen (secondary N) is 1. The monoisotopic (exact) mass is 269 g/mol. The van der Waals surface area contributed by atoms with Crippen LogP contribution in [0.3, 0.4) is 0 Å². The Labute approximate surface area is 117 Å². The molecule has 0 unspecified atom stereocenters. The van der Waals surface area contributed by atoms with Crippen molar-refractivity contribution in [2.24, 2.45) is 0 Å². The predicted octanol–water partition coefficient (Wildman–Crippen LogP) is 2.91. The molecule has 0 saturated heterocycles. The number of anilines is 1. The maximum Gasteiger partial charge on any atom is 0.265 e. The third kappa shape index (κ3) is 3.68. The molecule has 4 nitrogen and oxygen atoms in total. The first-order valence-electron chi connectivity index (χ1n) is 6.27. The van der Waals surface area contributed by atoms with E-state index < -0.39 is 6.10 Å². The van der Waals surface area contributed by atoms with Gasteiger partial charge in [-0.25, -0.2) is 0 Å². The molecule has 2 aromatic carbocycles. The van der Waals surface area contributed by atoms with Crippen molar-refractivity contribution in [3.63, 3.8) is 0 Å². The molecule has 2 rings (SSSR count). The largest absolute Gasteiger partial charge is 0.481 e. The van der Waals surface area contributed by atoms with Crippen LogP contribution in [0.1, 0.15) is 17.3 Å². The highest BCUT2D eigenvalue weighted by Crippen LogP contribution is 2.15. The molecule has 0 bridgehead atoms. The van der Waals surface area contributed by atoms with Crippen molar-refractivity contribution in [2.75, 3.05) is 5.32 Å². The summed E-state index contributed by atoms with van der Waals surface area (Å²) >= 11 is 0. The molecule has 0 aliphatic carbocycles. The molecule has 1 atom stereocenters. The molecule has 0 aliphatic heterocycles. The summed E-state index contributed by atoms with van der Waals surface area (Å²) in [7, 11) is 0. The summed E-state index contributed by atoms with van der Waals surface area (Å²) in [6.07, 6.45) is 0.0822. The van der Waals surface area contributed by atoms with Gasteiger partial charge in [0, 0.05) is 11.3 Å². The van der Waals surface area contributed by atoms with Gasteiger partial charge in [0.05, 0.1) is 0 Å². The van der Waals surface area contributed by atoms with Crippen LogP contribution in [0.5, 0.6) is 5.75 Å². The minimum Gasteiger partial charge on any atom is -0.481 e. The molecular formula is C16H15NO3. The zero-order valence-corrected chi connectivity index (χ0v) is 11.1. The quantitative estimate of drug-likeness (QED) is 0.849. The maximum atomic E-state index is 12.0. The number of carbonyl (C=O) groups is 2. The van der Waals surface area contributed by atoms with E-state index in [1.54, 1.807) is 43.3 Å². The fraction of sp³-hybridized carbons (Fsp3) is 0.125. The molecule has 0 heterocycles. The number of benzene rings is 2. The summed E-state index contributed by atoms with van der Waals surface area (Å²) in [5, 5.41) is 2.76. The minimum absolute atomic E-state index is 0.243. The number of ether oxygens (including phenoxy) is 1. The molecule has 1 N–H and O–H groups in total. The second kappa shape index (κ2) is 6.52. The van der Waals surface area contributed by atoms with Crippen LogP contribution in [0.4, 0.5) is 5.69 Å². The zero-order chi connectivity index (χ0) is 14.4. The normalized spacial score (nSPS) is 11.4. The molecule has 0 spiro atoms. The predicted molar refractivity (Wildman–Crippen MR) is 77.0 cm³/mol. The Hall–Kier alpha value is -2.62. The second-order valence-corrected chi connectivity index (χ2v) is 4.31. The van der Waals surface area contributed by atoms with Crippen LogP contribution in [-0.4, -0.2) is 18.3 Å². The lowest BCUT2D eigenvalue weighted by Gasteiger charge is -2.14. The van der Waals surface area contributed by atoms with E-state index in [-0.39, 0.29) is 5.91 Å². The lowest BCUT2D eigenvalue weighted by atomic mass is 10.2. The van der Waals surface area contributed by atoms with Crippen LogP contribution in [0.15, 0.2) is 54.6 Å². The summed E-state index contributed by atoms with van der Waals surface area (Å²) in [4.78, 5) is 22.7. The molecule has 0 aliphatic rings. The van der Waals surface area contributed by atoms with Crippen molar-refractivity contribution >= 4 is 17.9 Å². The van der Waals surface area contributed by atoms with Gasteiger partial charge in [0.25, 0.3) is 5.91 Å². The summed E-state index contributed by atoms with van der Waals surface area (Å²) in [5.74, 6) is 0.248. The first-order valence-corrected chi connectivity index (χ1v) is 6.27. The van der Waals surface area contributed by atoms with E-state index in [4.69, 9.17) is 4.74 Å². The number of para-hydroxylation sites is 1. The van der Waals surface area contributed by atoms with Crippen molar-refractivity contribution in [1.29, 1.82) is 0 Å². The average Bonchev–Trinajstić information content (AvgIpc) is 2.48. The topological polar surface area (TPSA) is 55.4 Å². The molecule has 0 saturated carbocycles. The first kappa shape index (κ1) is 13.8. The van der Waals surface area contributed by atoms with Gasteiger partial charge in [-0.3, -0.25) is 9.59 Å². The number of hydrogen-bond acceptors (Lipinski definition) is 3. The van der Waals surface area contributed by atoms with E-state index in [2.05, 4.69) is 5.32 Å². The van der Waals surface area contributed by atoms with Crippen LogP contribution < -0.4 is 10.1 Å². The average molecular weight is 269 g/mol. The molecule has 0 radical (unpaired) electrons. The molecular weight excluding hydrogens is 254 g/mol. The van der Waals surface area contributed by atoms with E-state index in [1.165, 1.54) is 0 Å². The second-order valence-electron chi connectivity index (χ2n) is 4.31. The lowest BCUT2D eigenvalue weighted by molar-refractivity contribution is -0.122. The number of amides is 1. The van der Waals surface area contributed by atoms with Gasteiger partial charge in [-0.05, 0) is 31.2 Å². The van der Waals surface area contributed by atoms with Gasteiger partial charge in [0.15, 0.2) is 6.10 Å². The molecule has 4 heteroatoms.